The SMILES string of the molecule is CC(NC(=O)c1cnc(C#N)c(-c2cc(F)cc(F)c2)c1N1CCC(C)(NC(=O)O)C1)C(F)(F)F. The molecule has 1 saturated heterocycles. The second-order valence-electron chi connectivity index (χ2n) is 8.41. The maximum absolute atomic E-state index is 14.1. The van der Waals surface area contributed by atoms with Crippen LogP contribution in [-0.2, 0) is 0 Å². The molecule has 1 fully saturated rings. The minimum absolute atomic E-state index is 0.0475. The number of carbonyl (C=O) groups is 2. The molecule has 2 atom stereocenters. The minimum Gasteiger partial charge on any atom is -0.465 e. The van der Waals surface area contributed by atoms with Crippen LogP contribution in [-0.4, -0.2) is 52.9 Å². The fourth-order valence-corrected chi connectivity index (χ4v) is 3.92. The van der Waals surface area contributed by atoms with Gasteiger partial charge in [-0.2, -0.15) is 18.4 Å². The van der Waals surface area contributed by atoms with Gasteiger partial charge in [0.1, 0.15) is 29.4 Å². The lowest BCUT2D eigenvalue weighted by molar-refractivity contribution is -0.149. The molecule has 13 heteroatoms. The first-order valence-corrected chi connectivity index (χ1v) is 10.3. The van der Waals surface area contributed by atoms with E-state index in [-0.39, 0.29) is 47.6 Å². The molecule has 0 aliphatic carbocycles. The summed E-state index contributed by atoms with van der Waals surface area (Å²) in [6.07, 6.45) is -4.92. The third-order valence-corrected chi connectivity index (χ3v) is 5.59. The van der Waals surface area contributed by atoms with E-state index in [2.05, 4.69) is 10.3 Å². The molecule has 3 N–H and O–H groups in total. The Morgan fingerprint density at radius 1 is 1.26 bits per heavy atom. The van der Waals surface area contributed by atoms with Crippen molar-refractivity contribution in [2.24, 2.45) is 0 Å². The van der Waals surface area contributed by atoms with Crippen LogP contribution in [0.2, 0.25) is 0 Å². The van der Waals surface area contributed by atoms with Gasteiger partial charge >= 0.3 is 12.3 Å². The number of hydrogen-bond donors (Lipinski definition) is 3. The standard InChI is InChI=1S/C22H20F5N5O3/c1-11(22(25,26)27)30-19(33)15-9-29-16(8-28)17(12-5-13(23)7-14(24)6-12)18(15)32-4-3-21(2,10-32)31-20(34)35/h5-7,9,11,31H,3-4,10H2,1-2H3,(H,30,33)(H,34,35). The van der Waals surface area contributed by atoms with Gasteiger partial charge in [0.25, 0.3) is 5.91 Å². The molecule has 1 aliphatic heterocycles. The summed E-state index contributed by atoms with van der Waals surface area (Å²) >= 11 is 0. The first-order valence-electron chi connectivity index (χ1n) is 10.3. The zero-order valence-electron chi connectivity index (χ0n) is 18.5. The maximum atomic E-state index is 14.1. The molecule has 2 aromatic rings. The highest BCUT2D eigenvalue weighted by Crippen LogP contribution is 2.40. The largest absolute Gasteiger partial charge is 0.465 e. The molecule has 3 rings (SSSR count). The molecule has 0 bridgehead atoms. The number of nitrogens with one attached hydrogen (secondary N) is 2. The fraction of sp³-hybridized carbons (Fsp3) is 0.364. The van der Waals surface area contributed by atoms with Crippen LogP contribution in [0.4, 0.5) is 32.4 Å². The van der Waals surface area contributed by atoms with Crippen molar-refractivity contribution in [1.82, 2.24) is 15.6 Å². The van der Waals surface area contributed by atoms with Crippen molar-refractivity contribution < 1.29 is 36.6 Å². The highest BCUT2D eigenvalue weighted by Gasteiger charge is 2.40. The molecule has 0 spiro atoms. The summed E-state index contributed by atoms with van der Waals surface area (Å²) in [6, 6.07) is 1.93. The maximum Gasteiger partial charge on any atom is 0.408 e. The average molecular weight is 497 g/mol. The molecule has 2 heterocycles. The van der Waals surface area contributed by atoms with E-state index < -0.39 is 41.4 Å². The highest BCUT2D eigenvalue weighted by molar-refractivity contribution is 6.04. The van der Waals surface area contributed by atoms with E-state index in [1.54, 1.807) is 13.0 Å². The van der Waals surface area contributed by atoms with E-state index in [9.17, 15) is 36.8 Å². The van der Waals surface area contributed by atoms with Gasteiger partial charge in [0.2, 0.25) is 0 Å². The Bertz CT molecular complexity index is 1190. The molecule has 1 aromatic heterocycles. The Labute approximate surface area is 196 Å². The van der Waals surface area contributed by atoms with Gasteiger partial charge < -0.3 is 20.6 Å². The van der Waals surface area contributed by atoms with Crippen LogP contribution in [0.25, 0.3) is 11.1 Å². The second kappa shape index (κ2) is 9.36. The summed E-state index contributed by atoms with van der Waals surface area (Å²) in [7, 11) is 0. The Kier molecular flexibility index (Phi) is 6.86. The number of anilines is 1. The topological polar surface area (TPSA) is 118 Å². The van der Waals surface area contributed by atoms with Crippen LogP contribution >= 0.6 is 0 Å². The third-order valence-electron chi connectivity index (χ3n) is 5.59. The van der Waals surface area contributed by atoms with Crippen LogP contribution in [0.1, 0.15) is 36.3 Å². The van der Waals surface area contributed by atoms with E-state index in [0.29, 0.717) is 6.07 Å². The van der Waals surface area contributed by atoms with Gasteiger partial charge in [0, 0.05) is 30.9 Å². The van der Waals surface area contributed by atoms with Crippen LogP contribution in [0.3, 0.4) is 0 Å². The first kappa shape index (κ1) is 25.7. The smallest absolute Gasteiger partial charge is 0.408 e. The Hall–Kier alpha value is -3.95. The number of benzene rings is 1. The van der Waals surface area contributed by atoms with Crippen molar-refractivity contribution in [3.05, 3.63) is 47.3 Å². The van der Waals surface area contributed by atoms with E-state index in [4.69, 9.17) is 5.11 Å². The molecule has 35 heavy (non-hydrogen) atoms. The van der Waals surface area contributed by atoms with Gasteiger partial charge in [-0.25, -0.2) is 18.6 Å². The number of nitrogens with zero attached hydrogens (tertiary/aromatic N) is 3. The molecule has 186 valence electrons. The van der Waals surface area contributed by atoms with Gasteiger partial charge in [0.05, 0.1) is 16.8 Å². The van der Waals surface area contributed by atoms with E-state index in [1.165, 1.54) is 4.90 Å². The predicted molar refractivity (Wildman–Crippen MR) is 114 cm³/mol. The molecular formula is C22H20F5N5O3. The van der Waals surface area contributed by atoms with E-state index in [1.807, 2.05) is 5.32 Å². The monoisotopic (exact) mass is 497 g/mol. The third kappa shape index (κ3) is 5.59. The first-order chi connectivity index (χ1) is 16.2. The quantitative estimate of drug-likeness (QED) is 0.541. The molecular weight excluding hydrogens is 477 g/mol. The van der Waals surface area contributed by atoms with Crippen LogP contribution in [0.5, 0.6) is 0 Å². The van der Waals surface area contributed by atoms with Crippen molar-refractivity contribution >= 4 is 17.7 Å². The van der Waals surface area contributed by atoms with Gasteiger partial charge in [-0.15, -0.1) is 0 Å². The van der Waals surface area contributed by atoms with E-state index >= 15 is 0 Å². The number of nitriles is 1. The number of alkyl halides is 3. The minimum atomic E-state index is -4.75. The summed E-state index contributed by atoms with van der Waals surface area (Å²) in [5.41, 5.74) is -2.15. The summed E-state index contributed by atoms with van der Waals surface area (Å²) < 4.78 is 67.3. The van der Waals surface area contributed by atoms with Crippen molar-refractivity contribution in [3.63, 3.8) is 0 Å². The van der Waals surface area contributed by atoms with Gasteiger partial charge in [-0.1, -0.05) is 0 Å². The zero-order chi connectivity index (χ0) is 26.1. The number of amides is 2. The predicted octanol–water partition coefficient (Wildman–Crippen LogP) is 3.82. The Morgan fingerprint density at radius 2 is 1.89 bits per heavy atom. The lowest BCUT2D eigenvalue weighted by Crippen LogP contribution is -2.47. The molecule has 2 unspecified atom stereocenters. The lowest BCUT2D eigenvalue weighted by atomic mass is 9.97. The summed E-state index contributed by atoms with van der Waals surface area (Å²) in [6.45, 7) is 2.39. The summed E-state index contributed by atoms with van der Waals surface area (Å²) in [5.74, 6) is -3.16. The van der Waals surface area contributed by atoms with Crippen molar-refractivity contribution in [2.75, 3.05) is 18.0 Å². The molecule has 0 saturated carbocycles. The number of halogens is 5. The number of aromatic nitrogens is 1. The van der Waals surface area contributed by atoms with Crippen molar-refractivity contribution in [1.29, 1.82) is 5.26 Å². The van der Waals surface area contributed by atoms with Crippen LogP contribution < -0.4 is 15.5 Å². The van der Waals surface area contributed by atoms with Crippen LogP contribution in [0, 0.1) is 23.0 Å². The van der Waals surface area contributed by atoms with Crippen molar-refractivity contribution in [2.45, 2.75) is 38.0 Å². The van der Waals surface area contributed by atoms with E-state index in [0.717, 1.165) is 25.3 Å². The Balaban J connectivity index is 2.23. The molecule has 0 radical (unpaired) electrons. The van der Waals surface area contributed by atoms with Crippen LogP contribution in [0.15, 0.2) is 24.4 Å². The van der Waals surface area contributed by atoms with Crippen molar-refractivity contribution in [3.8, 4) is 17.2 Å². The zero-order valence-corrected chi connectivity index (χ0v) is 18.5. The number of hydrogen-bond acceptors (Lipinski definition) is 5. The molecule has 8 nitrogen and oxygen atoms in total. The summed E-state index contributed by atoms with van der Waals surface area (Å²) in [5, 5.41) is 23.0. The van der Waals surface area contributed by atoms with Gasteiger partial charge in [-0.05, 0) is 38.0 Å². The number of carbonyl (C=O) groups excluding carboxylic acids is 1. The number of pyridine rings is 1. The second-order valence-corrected chi connectivity index (χ2v) is 8.41. The number of carboxylic acid groups (broad SMARTS) is 1. The van der Waals surface area contributed by atoms with Gasteiger partial charge in [-0.3, -0.25) is 4.79 Å². The van der Waals surface area contributed by atoms with Gasteiger partial charge in [0.15, 0.2) is 0 Å². The Morgan fingerprint density at radius 3 is 2.43 bits per heavy atom. The number of rotatable bonds is 5. The fourth-order valence-electron chi connectivity index (χ4n) is 3.92. The average Bonchev–Trinajstić information content (AvgIpc) is 3.11. The lowest BCUT2D eigenvalue weighted by Gasteiger charge is -2.29. The molecule has 1 aliphatic rings. The molecule has 2 amide bonds. The molecule has 1 aromatic carbocycles. The normalized spacial score (nSPS) is 18.6. The highest BCUT2D eigenvalue weighted by atomic mass is 19.4. The summed E-state index contributed by atoms with van der Waals surface area (Å²) in [4.78, 5) is 29.5.